The highest BCUT2D eigenvalue weighted by Crippen LogP contribution is 2.07. The minimum absolute atomic E-state index is 0.0592. The standard InChI is InChI=1S/C10H9ClN2O2/c11-8(6-12)7-13-10(14)15-9-4-2-1-3-5-9/h1-5,8H,7H2,(H,13,14)/t8-/m1/s1. The van der Waals surface area contributed by atoms with Gasteiger partial charge in [-0.2, -0.15) is 5.26 Å². The molecule has 15 heavy (non-hydrogen) atoms. The third-order valence-electron chi connectivity index (χ3n) is 1.52. The van der Waals surface area contributed by atoms with Crippen molar-refractivity contribution in [3.05, 3.63) is 30.3 Å². The van der Waals surface area contributed by atoms with Gasteiger partial charge in [-0.15, -0.1) is 11.6 Å². The summed E-state index contributed by atoms with van der Waals surface area (Å²) in [4.78, 5) is 11.1. The van der Waals surface area contributed by atoms with Gasteiger partial charge in [0.1, 0.15) is 11.1 Å². The second-order valence-electron chi connectivity index (χ2n) is 2.68. The first-order valence-electron chi connectivity index (χ1n) is 4.27. The fourth-order valence-electron chi connectivity index (χ4n) is 0.850. The molecule has 1 atom stereocenters. The van der Waals surface area contributed by atoms with Crippen LogP contribution in [0.1, 0.15) is 0 Å². The van der Waals surface area contributed by atoms with Crippen molar-refractivity contribution in [2.75, 3.05) is 6.54 Å². The summed E-state index contributed by atoms with van der Waals surface area (Å²) in [5.41, 5.74) is 0. The number of nitrogens with zero attached hydrogens (tertiary/aromatic N) is 1. The zero-order valence-electron chi connectivity index (χ0n) is 7.81. The molecule has 0 fully saturated rings. The average Bonchev–Trinajstić information content (AvgIpc) is 2.27. The van der Waals surface area contributed by atoms with Gasteiger partial charge in [0.15, 0.2) is 0 Å². The van der Waals surface area contributed by atoms with Crippen molar-refractivity contribution < 1.29 is 9.53 Å². The molecule has 5 heteroatoms. The van der Waals surface area contributed by atoms with E-state index in [-0.39, 0.29) is 6.54 Å². The lowest BCUT2D eigenvalue weighted by atomic mass is 10.3. The lowest BCUT2D eigenvalue weighted by Gasteiger charge is -2.05. The Morgan fingerprint density at radius 1 is 1.53 bits per heavy atom. The number of halogens is 1. The Hall–Kier alpha value is -1.73. The van der Waals surface area contributed by atoms with E-state index in [0.29, 0.717) is 5.75 Å². The molecule has 78 valence electrons. The van der Waals surface area contributed by atoms with E-state index in [1.54, 1.807) is 30.3 Å². The number of carbonyl (C=O) groups is 1. The van der Waals surface area contributed by atoms with Crippen molar-refractivity contribution in [2.24, 2.45) is 0 Å². The Balaban J connectivity index is 2.35. The van der Waals surface area contributed by atoms with E-state index in [0.717, 1.165) is 0 Å². The van der Waals surface area contributed by atoms with E-state index < -0.39 is 11.5 Å². The fourth-order valence-corrected chi connectivity index (χ4v) is 0.927. The van der Waals surface area contributed by atoms with Gasteiger partial charge in [-0.25, -0.2) is 4.79 Å². The summed E-state index contributed by atoms with van der Waals surface area (Å²) < 4.78 is 4.89. The molecule has 0 aliphatic rings. The van der Waals surface area contributed by atoms with Crippen LogP contribution in [0, 0.1) is 11.3 Å². The molecule has 4 nitrogen and oxygen atoms in total. The quantitative estimate of drug-likeness (QED) is 0.798. The first-order valence-corrected chi connectivity index (χ1v) is 4.70. The van der Waals surface area contributed by atoms with Crippen LogP contribution in [-0.2, 0) is 0 Å². The zero-order valence-corrected chi connectivity index (χ0v) is 8.57. The molecule has 0 saturated heterocycles. The maximum Gasteiger partial charge on any atom is 0.412 e. The van der Waals surface area contributed by atoms with Gasteiger partial charge in [0.05, 0.1) is 12.6 Å². The van der Waals surface area contributed by atoms with Gasteiger partial charge in [-0.1, -0.05) is 18.2 Å². The van der Waals surface area contributed by atoms with Crippen molar-refractivity contribution in [1.82, 2.24) is 5.32 Å². The van der Waals surface area contributed by atoms with E-state index in [1.165, 1.54) is 0 Å². The number of nitrogens with one attached hydrogen (secondary N) is 1. The highest BCUT2D eigenvalue weighted by molar-refractivity contribution is 6.22. The summed E-state index contributed by atoms with van der Waals surface area (Å²) in [5.74, 6) is 0.443. The summed E-state index contributed by atoms with van der Waals surface area (Å²) in [6, 6.07) is 10.4. The van der Waals surface area contributed by atoms with Crippen LogP contribution < -0.4 is 10.1 Å². The SMILES string of the molecule is N#C[C@@H](Cl)CNC(=O)Oc1ccccc1. The van der Waals surface area contributed by atoms with Crippen molar-refractivity contribution in [3.8, 4) is 11.8 Å². The molecule has 0 aliphatic heterocycles. The van der Waals surface area contributed by atoms with E-state index in [4.69, 9.17) is 21.6 Å². The van der Waals surface area contributed by atoms with E-state index >= 15 is 0 Å². The topological polar surface area (TPSA) is 62.1 Å². The van der Waals surface area contributed by atoms with Crippen LogP contribution in [0.5, 0.6) is 5.75 Å². The number of alkyl halides is 1. The second-order valence-corrected chi connectivity index (χ2v) is 3.21. The predicted molar refractivity (Wildman–Crippen MR) is 55.7 cm³/mol. The molecule has 1 amide bonds. The van der Waals surface area contributed by atoms with Gasteiger partial charge in [-0.05, 0) is 12.1 Å². The monoisotopic (exact) mass is 224 g/mol. The molecule has 1 rings (SSSR count). The number of hydrogen-bond donors (Lipinski definition) is 1. The second kappa shape index (κ2) is 5.89. The van der Waals surface area contributed by atoms with Gasteiger partial charge in [-0.3, -0.25) is 0 Å². The van der Waals surface area contributed by atoms with Crippen molar-refractivity contribution in [3.63, 3.8) is 0 Å². The summed E-state index contributed by atoms with van der Waals surface area (Å²) in [6.07, 6.45) is -0.623. The number of hydrogen-bond acceptors (Lipinski definition) is 3. The summed E-state index contributed by atoms with van der Waals surface area (Å²) >= 11 is 5.48. The zero-order chi connectivity index (χ0) is 11.1. The minimum atomic E-state index is -0.742. The number of benzene rings is 1. The molecule has 0 aromatic heterocycles. The predicted octanol–water partition coefficient (Wildman–Crippen LogP) is 1.91. The smallest absolute Gasteiger partial charge is 0.410 e. The van der Waals surface area contributed by atoms with Gasteiger partial charge in [0, 0.05) is 0 Å². The lowest BCUT2D eigenvalue weighted by molar-refractivity contribution is 0.201. The Labute approximate surface area is 92.4 Å². The highest BCUT2D eigenvalue weighted by Gasteiger charge is 2.06. The molecule has 0 radical (unpaired) electrons. The van der Waals surface area contributed by atoms with Crippen molar-refractivity contribution in [2.45, 2.75) is 5.38 Å². The van der Waals surface area contributed by atoms with Gasteiger partial charge in [0.2, 0.25) is 0 Å². The molecule has 0 bridgehead atoms. The van der Waals surface area contributed by atoms with Crippen molar-refractivity contribution in [1.29, 1.82) is 5.26 Å². The Bertz CT molecular complexity index is 361. The Morgan fingerprint density at radius 2 is 2.20 bits per heavy atom. The van der Waals surface area contributed by atoms with Crippen LogP contribution >= 0.6 is 11.6 Å². The maximum atomic E-state index is 11.1. The van der Waals surface area contributed by atoms with Crippen LogP contribution in [0.15, 0.2) is 30.3 Å². The molecule has 0 unspecified atom stereocenters. The van der Waals surface area contributed by atoms with Crippen LogP contribution in [-0.4, -0.2) is 18.0 Å². The van der Waals surface area contributed by atoms with E-state index in [9.17, 15) is 4.79 Å². The van der Waals surface area contributed by atoms with Gasteiger partial charge < -0.3 is 10.1 Å². The largest absolute Gasteiger partial charge is 0.412 e. The van der Waals surface area contributed by atoms with E-state index in [1.807, 2.05) is 6.07 Å². The molecule has 0 heterocycles. The first-order chi connectivity index (χ1) is 7.22. The van der Waals surface area contributed by atoms with Crippen molar-refractivity contribution >= 4 is 17.7 Å². The molecule has 0 spiro atoms. The van der Waals surface area contributed by atoms with Crippen LogP contribution in [0.2, 0.25) is 0 Å². The number of amides is 1. The first kappa shape index (κ1) is 11.3. The van der Waals surface area contributed by atoms with Crippen LogP contribution in [0.4, 0.5) is 4.79 Å². The van der Waals surface area contributed by atoms with Crippen LogP contribution in [0.25, 0.3) is 0 Å². The van der Waals surface area contributed by atoms with E-state index in [2.05, 4.69) is 5.32 Å². The number of rotatable bonds is 3. The third kappa shape index (κ3) is 4.34. The third-order valence-corrected chi connectivity index (χ3v) is 1.77. The lowest BCUT2D eigenvalue weighted by Crippen LogP contribution is -2.31. The minimum Gasteiger partial charge on any atom is -0.410 e. The average molecular weight is 225 g/mol. The number of ether oxygens (including phenoxy) is 1. The van der Waals surface area contributed by atoms with Gasteiger partial charge >= 0.3 is 6.09 Å². The number of carbonyl (C=O) groups excluding carboxylic acids is 1. The molecule has 1 aromatic carbocycles. The molecular weight excluding hydrogens is 216 g/mol. The van der Waals surface area contributed by atoms with Gasteiger partial charge in [0.25, 0.3) is 0 Å². The summed E-state index contributed by atoms with van der Waals surface area (Å²) in [6.45, 7) is 0.0592. The number of para-hydroxylation sites is 1. The van der Waals surface area contributed by atoms with Crippen LogP contribution in [0.3, 0.4) is 0 Å². The summed E-state index contributed by atoms with van der Waals surface area (Å²) in [7, 11) is 0. The normalized spacial score (nSPS) is 11.2. The molecule has 0 aliphatic carbocycles. The summed E-state index contributed by atoms with van der Waals surface area (Å²) in [5, 5.41) is 9.99. The fraction of sp³-hybridized carbons (Fsp3) is 0.200. The molecule has 1 aromatic rings. The molecule has 0 saturated carbocycles. The highest BCUT2D eigenvalue weighted by atomic mass is 35.5. The maximum absolute atomic E-state index is 11.1. The number of nitriles is 1. The Morgan fingerprint density at radius 3 is 2.80 bits per heavy atom. The Kier molecular flexibility index (Phi) is 4.45. The molecular formula is C10H9ClN2O2. The molecule has 1 N–H and O–H groups in total.